The number of benzene rings is 1. The van der Waals surface area contributed by atoms with E-state index in [-0.39, 0.29) is 6.61 Å². The van der Waals surface area contributed by atoms with Gasteiger partial charge in [-0.15, -0.1) is 0 Å². The van der Waals surface area contributed by atoms with Crippen molar-refractivity contribution < 1.29 is 14.2 Å². The summed E-state index contributed by atoms with van der Waals surface area (Å²) in [7, 11) is 3.27. The summed E-state index contributed by atoms with van der Waals surface area (Å²) in [5.41, 5.74) is 2.24. The molecule has 5 heteroatoms. The fraction of sp³-hybridized carbons (Fsp3) is 0.438. The van der Waals surface area contributed by atoms with Crippen LogP contribution in [0, 0.1) is 11.3 Å². The third-order valence-electron chi connectivity index (χ3n) is 2.78. The van der Waals surface area contributed by atoms with Gasteiger partial charge in [-0.25, -0.2) is 0 Å². The summed E-state index contributed by atoms with van der Waals surface area (Å²) in [6, 6.07) is 7.59. The summed E-state index contributed by atoms with van der Waals surface area (Å²) in [5, 5.41) is 11.8. The van der Waals surface area contributed by atoms with Crippen molar-refractivity contribution in [3.05, 3.63) is 29.3 Å². The lowest BCUT2D eigenvalue weighted by Gasteiger charge is -2.09. The van der Waals surface area contributed by atoms with E-state index in [0.29, 0.717) is 18.1 Å². The van der Waals surface area contributed by atoms with Crippen LogP contribution >= 0.6 is 0 Å². The zero-order valence-electron chi connectivity index (χ0n) is 12.8. The molecule has 21 heavy (non-hydrogen) atoms. The molecule has 0 unspecified atom stereocenters. The van der Waals surface area contributed by atoms with Gasteiger partial charge in [0.15, 0.2) is 18.1 Å². The fourth-order valence-electron chi connectivity index (χ4n) is 1.80. The van der Waals surface area contributed by atoms with Gasteiger partial charge in [-0.05, 0) is 24.6 Å². The third-order valence-corrected chi connectivity index (χ3v) is 2.78. The van der Waals surface area contributed by atoms with Crippen LogP contribution in [0.15, 0.2) is 23.8 Å². The van der Waals surface area contributed by atoms with Crippen LogP contribution < -0.4 is 14.8 Å². The molecule has 0 aliphatic heterocycles. The van der Waals surface area contributed by atoms with Crippen LogP contribution in [0.1, 0.15) is 12.5 Å². The zero-order valence-corrected chi connectivity index (χ0v) is 12.8. The van der Waals surface area contributed by atoms with Crippen LogP contribution in [0.2, 0.25) is 0 Å². The van der Waals surface area contributed by atoms with Crippen LogP contribution in [-0.4, -0.2) is 40.5 Å². The second-order valence-electron chi connectivity index (χ2n) is 4.52. The topological polar surface area (TPSA) is 63.5 Å². The van der Waals surface area contributed by atoms with Gasteiger partial charge in [-0.3, -0.25) is 0 Å². The average Bonchev–Trinajstić information content (AvgIpc) is 2.50. The predicted molar refractivity (Wildman–Crippen MR) is 82.5 cm³/mol. The quantitative estimate of drug-likeness (QED) is 0.707. The third kappa shape index (κ3) is 6.30. The maximum atomic E-state index is 8.54. The van der Waals surface area contributed by atoms with Gasteiger partial charge in [0.25, 0.3) is 0 Å². The van der Waals surface area contributed by atoms with Crippen molar-refractivity contribution in [1.29, 1.82) is 5.26 Å². The van der Waals surface area contributed by atoms with E-state index in [1.165, 1.54) is 5.57 Å². The van der Waals surface area contributed by atoms with Gasteiger partial charge in [0.1, 0.15) is 6.07 Å². The van der Waals surface area contributed by atoms with Crippen molar-refractivity contribution in [3.8, 4) is 17.6 Å². The molecule has 0 saturated carbocycles. The molecule has 0 radical (unpaired) electrons. The molecular formula is C16H22N2O3. The van der Waals surface area contributed by atoms with E-state index in [4.69, 9.17) is 19.5 Å². The van der Waals surface area contributed by atoms with Gasteiger partial charge in [0.05, 0.1) is 13.7 Å². The Morgan fingerprint density at radius 2 is 2.14 bits per heavy atom. The summed E-state index contributed by atoms with van der Waals surface area (Å²) in [6.07, 6.45) is 2.08. The smallest absolute Gasteiger partial charge is 0.174 e. The van der Waals surface area contributed by atoms with Gasteiger partial charge in [-0.2, -0.15) is 5.26 Å². The van der Waals surface area contributed by atoms with Crippen LogP contribution in [0.25, 0.3) is 6.08 Å². The molecule has 1 rings (SSSR count). The molecule has 1 aromatic rings. The van der Waals surface area contributed by atoms with Gasteiger partial charge in [0, 0.05) is 20.2 Å². The summed E-state index contributed by atoms with van der Waals surface area (Å²) in [4.78, 5) is 0. The van der Waals surface area contributed by atoms with Gasteiger partial charge in [-0.1, -0.05) is 17.7 Å². The molecule has 0 heterocycles. The average molecular weight is 290 g/mol. The van der Waals surface area contributed by atoms with E-state index in [2.05, 4.69) is 18.3 Å². The number of hydrogen-bond acceptors (Lipinski definition) is 5. The Kier molecular flexibility index (Phi) is 7.95. The number of ether oxygens (including phenoxy) is 3. The van der Waals surface area contributed by atoms with E-state index in [1.807, 2.05) is 24.3 Å². The SMILES string of the molecule is COCCNCC(C)=Cc1ccc(OCC#N)c(OC)c1. The molecule has 1 aromatic carbocycles. The Morgan fingerprint density at radius 3 is 2.81 bits per heavy atom. The highest BCUT2D eigenvalue weighted by atomic mass is 16.5. The molecule has 0 spiro atoms. The lowest BCUT2D eigenvalue weighted by molar-refractivity contribution is 0.200. The second-order valence-corrected chi connectivity index (χ2v) is 4.52. The molecular weight excluding hydrogens is 268 g/mol. The highest BCUT2D eigenvalue weighted by Crippen LogP contribution is 2.28. The molecule has 0 fully saturated rings. The van der Waals surface area contributed by atoms with E-state index in [0.717, 1.165) is 18.7 Å². The summed E-state index contributed by atoms with van der Waals surface area (Å²) >= 11 is 0. The number of nitriles is 1. The van der Waals surface area contributed by atoms with Crippen LogP contribution in [-0.2, 0) is 4.74 Å². The summed E-state index contributed by atoms with van der Waals surface area (Å²) in [5.74, 6) is 1.20. The number of nitrogens with one attached hydrogen (secondary N) is 1. The predicted octanol–water partition coefficient (Wildman–Crippen LogP) is 2.24. The molecule has 0 amide bonds. The maximum Gasteiger partial charge on any atom is 0.174 e. The molecule has 0 aliphatic carbocycles. The first kappa shape index (κ1) is 17.0. The number of nitrogens with zero attached hydrogens (tertiary/aromatic N) is 1. The van der Waals surface area contributed by atoms with Crippen molar-refractivity contribution in [2.75, 3.05) is 40.5 Å². The van der Waals surface area contributed by atoms with Crippen molar-refractivity contribution in [1.82, 2.24) is 5.32 Å². The van der Waals surface area contributed by atoms with Gasteiger partial charge in [0.2, 0.25) is 0 Å². The minimum atomic E-state index is 0.00793. The van der Waals surface area contributed by atoms with Crippen LogP contribution in [0.3, 0.4) is 0 Å². The Balaban J connectivity index is 2.68. The molecule has 0 bridgehead atoms. The van der Waals surface area contributed by atoms with E-state index in [1.54, 1.807) is 14.2 Å². The van der Waals surface area contributed by atoms with E-state index >= 15 is 0 Å². The molecule has 0 saturated heterocycles. The molecule has 0 aromatic heterocycles. The Labute approximate surface area is 126 Å². The lowest BCUT2D eigenvalue weighted by atomic mass is 10.1. The van der Waals surface area contributed by atoms with Gasteiger partial charge < -0.3 is 19.5 Å². The first-order valence-corrected chi connectivity index (χ1v) is 6.76. The second kappa shape index (κ2) is 9.81. The van der Waals surface area contributed by atoms with E-state index < -0.39 is 0 Å². The highest BCUT2D eigenvalue weighted by molar-refractivity contribution is 5.58. The van der Waals surface area contributed by atoms with Crippen molar-refractivity contribution >= 4 is 6.08 Å². The Hall–Kier alpha value is -2.03. The lowest BCUT2D eigenvalue weighted by Crippen LogP contribution is -2.20. The van der Waals surface area contributed by atoms with Crippen molar-refractivity contribution in [2.45, 2.75) is 6.92 Å². The minimum absolute atomic E-state index is 0.00793. The van der Waals surface area contributed by atoms with Crippen molar-refractivity contribution in [2.24, 2.45) is 0 Å². The Morgan fingerprint density at radius 1 is 1.33 bits per heavy atom. The molecule has 0 aliphatic rings. The monoisotopic (exact) mass is 290 g/mol. The summed E-state index contributed by atoms with van der Waals surface area (Å²) in [6.45, 7) is 4.40. The molecule has 1 N–H and O–H groups in total. The van der Waals surface area contributed by atoms with Crippen molar-refractivity contribution in [3.63, 3.8) is 0 Å². The zero-order chi connectivity index (χ0) is 15.5. The molecule has 5 nitrogen and oxygen atoms in total. The minimum Gasteiger partial charge on any atom is -0.493 e. The normalized spacial score (nSPS) is 11.0. The first-order valence-electron chi connectivity index (χ1n) is 6.76. The number of hydrogen-bond donors (Lipinski definition) is 1. The fourth-order valence-corrected chi connectivity index (χ4v) is 1.80. The molecule has 0 atom stereocenters. The van der Waals surface area contributed by atoms with E-state index in [9.17, 15) is 0 Å². The van der Waals surface area contributed by atoms with Crippen LogP contribution in [0.4, 0.5) is 0 Å². The molecule has 114 valence electrons. The highest BCUT2D eigenvalue weighted by Gasteiger charge is 2.04. The first-order chi connectivity index (χ1) is 10.2. The standard InChI is InChI=1S/C16H22N2O3/c1-13(12-18-7-9-19-2)10-14-4-5-15(21-8-6-17)16(11-14)20-3/h4-5,10-11,18H,7-9,12H2,1-3H3. The number of methoxy groups -OCH3 is 2. The van der Waals surface area contributed by atoms with Gasteiger partial charge >= 0.3 is 0 Å². The Bertz CT molecular complexity index is 507. The maximum absolute atomic E-state index is 8.54. The number of rotatable bonds is 9. The summed E-state index contributed by atoms with van der Waals surface area (Å²) < 4.78 is 15.6. The largest absolute Gasteiger partial charge is 0.493 e. The van der Waals surface area contributed by atoms with Crippen LogP contribution in [0.5, 0.6) is 11.5 Å².